The first-order valence-corrected chi connectivity index (χ1v) is 8.85. The van der Waals surface area contributed by atoms with E-state index >= 15 is 0 Å². The molecule has 0 saturated heterocycles. The number of carbonyl (C=O) groups is 1. The van der Waals surface area contributed by atoms with E-state index in [1.54, 1.807) is 0 Å². The summed E-state index contributed by atoms with van der Waals surface area (Å²) in [5.41, 5.74) is 1.22. The molecular formula is C21H25F2NO4. The Bertz CT molecular complexity index is 786. The summed E-state index contributed by atoms with van der Waals surface area (Å²) in [6.07, 6.45) is 0. The number of ether oxygens (including phenoxy) is 3. The molecule has 0 aromatic heterocycles. The second-order valence-corrected chi connectivity index (χ2v) is 7.09. The predicted octanol–water partition coefficient (Wildman–Crippen LogP) is 4.40. The molecule has 0 spiro atoms. The quantitative estimate of drug-likeness (QED) is 0.676. The van der Waals surface area contributed by atoms with E-state index in [1.165, 1.54) is 30.9 Å². The Kier molecular flexibility index (Phi) is 7.20. The van der Waals surface area contributed by atoms with E-state index in [2.05, 4.69) is 30.8 Å². The van der Waals surface area contributed by atoms with Crippen LogP contribution < -0.4 is 19.5 Å². The topological polar surface area (TPSA) is 56.8 Å². The van der Waals surface area contributed by atoms with Crippen LogP contribution in [-0.4, -0.2) is 32.8 Å². The maximum Gasteiger partial charge on any atom is 0.387 e. The van der Waals surface area contributed by atoms with Crippen LogP contribution in [0, 0.1) is 0 Å². The number of halogens is 2. The van der Waals surface area contributed by atoms with Gasteiger partial charge in [0.1, 0.15) is 12.4 Å². The lowest BCUT2D eigenvalue weighted by molar-refractivity contribution is -0.0515. The monoisotopic (exact) mass is 393 g/mol. The van der Waals surface area contributed by atoms with Crippen molar-refractivity contribution in [1.29, 1.82) is 0 Å². The van der Waals surface area contributed by atoms with E-state index in [0.717, 1.165) is 0 Å². The second kappa shape index (κ2) is 9.39. The summed E-state index contributed by atoms with van der Waals surface area (Å²) in [6.45, 7) is 3.75. The predicted molar refractivity (Wildman–Crippen MR) is 103 cm³/mol. The van der Waals surface area contributed by atoms with Crippen LogP contribution in [0.1, 0.15) is 36.7 Å². The third-order valence-electron chi connectivity index (χ3n) is 4.03. The minimum atomic E-state index is -3.07. The second-order valence-electron chi connectivity index (χ2n) is 7.09. The summed E-state index contributed by atoms with van der Waals surface area (Å²) in [5, 5.41) is 2.63. The Morgan fingerprint density at radius 1 is 1.11 bits per heavy atom. The molecular weight excluding hydrogens is 368 g/mol. The molecule has 0 aliphatic carbocycles. The van der Waals surface area contributed by atoms with Crippen molar-refractivity contribution >= 4 is 5.91 Å². The zero-order valence-corrected chi connectivity index (χ0v) is 16.4. The molecule has 1 amide bonds. The van der Waals surface area contributed by atoms with Gasteiger partial charge in [-0.25, -0.2) is 0 Å². The molecule has 0 heterocycles. The van der Waals surface area contributed by atoms with Crippen LogP contribution in [0.4, 0.5) is 8.78 Å². The fourth-order valence-corrected chi connectivity index (χ4v) is 2.55. The van der Waals surface area contributed by atoms with Gasteiger partial charge in [0.25, 0.3) is 5.91 Å². The van der Waals surface area contributed by atoms with Crippen molar-refractivity contribution < 1.29 is 27.8 Å². The summed E-state index contributed by atoms with van der Waals surface area (Å²) < 4.78 is 40.3. The molecule has 28 heavy (non-hydrogen) atoms. The number of carbonyl (C=O) groups excluding carboxylic acids is 1. The fourth-order valence-electron chi connectivity index (χ4n) is 2.55. The minimum absolute atomic E-state index is 0.0332. The molecule has 5 nitrogen and oxygen atoms in total. The molecule has 0 unspecified atom stereocenters. The van der Waals surface area contributed by atoms with Crippen LogP contribution in [0.25, 0.3) is 0 Å². The Labute approximate surface area is 163 Å². The minimum Gasteiger partial charge on any atom is -0.493 e. The van der Waals surface area contributed by atoms with Gasteiger partial charge >= 0.3 is 6.61 Å². The maximum atomic E-state index is 12.6. The van der Waals surface area contributed by atoms with Gasteiger partial charge in [-0.1, -0.05) is 39.0 Å². The van der Waals surface area contributed by atoms with Crippen LogP contribution in [0.5, 0.6) is 17.2 Å². The van der Waals surface area contributed by atoms with Gasteiger partial charge in [0.15, 0.2) is 11.5 Å². The van der Waals surface area contributed by atoms with Gasteiger partial charge in [-0.2, -0.15) is 8.78 Å². The number of alkyl halides is 2. The van der Waals surface area contributed by atoms with Crippen LogP contribution in [-0.2, 0) is 5.41 Å². The van der Waals surface area contributed by atoms with Crippen molar-refractivity contribution in [3.63, 3.8) is 0 Å². The van der Waals surface area contributed by atoms with Crippen LogP contribution in [0.3, 0.4) is 0 Å². The Morgan fingerprint density at radius 3 is 2.36 bits per heavy atom. The van der Waals surface area contributed by atoms with E-state index in [9.17, 15) is 13.6 Å². The summed E-state index contributed by atoms with van der Waals surface area (Å²) >= 11 is 0. The molecule has 1 N–H and O–H groups in total. The molecule has 0 radical (unpaired) electrons. The zero-order chi connectivity index (χ0) is 20.7. The molecule has 7 heteroatoms. The van der Waals surface area contributed by atoms with Gasteiger partial charge < -0.3 is 19.5 Å². The number of benzene rings is 2. The first-order valence-electron chi connectivity index (χ1n) is 8.85. The molecule has 152 valence electrons. The maximum absolute atomic E-state index is 12.6. The Hall–Kier alpha value is -2.83. The normalized spacial score (nSPS) is 11.2. The summed E-state index contributed by atoms with van der Waals surface area (Å²) in [6, 6.07) is 12.1. The molecule has 0 fully saturated rings. The van der Waals surface area contributed by atoms with Gasteiger partial charge in [-0.15, -0.1) is 0 Å². The molecule has 2 aromatic carbocycles. The van der Waals surface area contributed by atoms with Crippen LogP contribution >= 0.6 is 0 Å². The molecule has 0 atom stereocenters. The molecule has 2 aromatic rings. The van der Waals surface area contributed by atoms with E-state index in [0.29, 0.717) is 5.75 Å². The van der Waals surface area contributed by atoms with Crippen molar-refractivity contribution in [2.75, 3.05) is 20.3 Å². The van der Waals surface area contributed by atoms with Crippen LogP contribution in [0.15, 0.2) is 42.5 Å². The Balaban J connectivity index is 1.92. The first kappa shape index (κ1) is 21.5. The lowest BCUT2D eigenvalue weighted by Crippen LogP contribution is -2.28. The largest absolute Gasteiger partial charge is 0.493 e. The van der Waals surface area contributed by atoms with Crippen molar-refractivity contribution in [3.05, 3.63) is 53.6 Å². The third-order valence-corrected chi connectivity index (χ3v) is 4.03. The van der Waals surface area contributed by atoms with Crippen molar-refractivity contribution in [1.82, 2.24) is 5.32 Å². The average molecular weight is 393 g/mol. The van der Waals surface area contributed by atoms with Gasteiger partial charge in [-0.3, -0.25) is 4.79 Å². The van der Waals surface area contributed by atoms with Gasteiger partial charge in [-0.05, 0) is 35.2 Å². The standard InChI is InChI=1S/C21H25F2NO4/c1-21(2,3)14-8-10-15(11-9-14)27-13-12-24-19(25)16-6-5-7-17(26-4)18(16)28-20(22)23/h5-11,20H,12-13H2,1-4H3,(H,24,25). The van der Waals surface area contributed by atoms with Gasteiger partial charge in [0.05, 0.1) is 19.2 Å². The Morgan fingerprint density at radius 2 is 1.79 bits per heavy atom. The smallest absolute Gasteiger partial charge is 0.387 e. The van der Waals surface area contributed by atoms with Crippen molar-refractivity contribution in [3.8, 4) is 17.2 Å². The van der Waals surface area contributed by atoms with Crippen molar-refractivity contribution in [2.24, 2.45) is 0 Å². The van der Waals surface area contributed by atoms with Crippen LogP contribution in [0.2, 0.25) is 0 Å². The molecule has 0 aliphatic rings. The van der Waals surface area contributed by atoms with Gasteiger partial charge in [0.2, 0.25) is 0 Å². The fraction of sp³-hybridized carbons (Fsp3) is 0.381. The highest BCUT2D eigenvalue weighted by Gasteiger charge is 2.20. The molecule has 0 aliphatic heterocycles. The molecule has 2 rings (SSSR count). The number of nitrogens with one attached hydrogen (secondary N) is 1. The number of hydrogen-bond acceptors (Lipinski definition) is 4. The van der Waals surface area contributed by atoms with E-state index in [4.69, 9.17) is 9.47 Å². The number of para-hydroxylation sites is 1. The molecule has 0 saturated carbocycles. The highest BCUT2D eigenvalue weighted by atomic mass is 19.3. The summed E-state index contributed by atoms with van der Waals surface area (Å²) in [4.78, 5) is 12.3. The number of rotatable bonds is 8. The number of methoxy groups -OCH3 is 1. The third kappa shape index (κ3) is 5.84. The van der Waals surface area contributed by atoms with E-state index in [-0.39, 0.29) is 35.6 Å². The van der Waals surface area contributed by atoms with E-state index in [1.807, 2.05) is 24.3 Å². The number of hydrogen-bond donors (Lipinski definition) is 1. The lowest BCUT2D eigenvalue weighted by Gasteiger charge is -2.19. The molecule has 0 bridgehead atoms. The van der Waals surface area contributed by atoms with Gasteiger partial charge in [0, 0.05) is 0 Å². The average Bonchev–Trinajstić information content (AvgIpc) is 2.64. The van der Waals surface area contributed by atoms with Crippen molar-refractivity contribution in [2.45, 2.75) is 32.8 Å². The number of amides is 1. The lowest BCUT2D eigenvalue weighted by atomic mass is 9.87. The zero-order valence-electron chi connectivity index (χ0n) is 16.4. The summed E-state index contributed by atoms with van der Waals surface area (Å²) in [7, 11) is 1.31. The van der Waals surface area contributed by atoms with E-state index < -0.39 is 12.5 Å². The summed E-state index contributed by atoms with van der Waals surface area (Å²) in [5.74, 6) is -0.106. The highest BCUT2D eigenvalue weighted by molar-refractivity contribution is 5.97. The highest BCUT2D eigenvalue weighted by Crippen LogP contribution is 2.32. The SMILES string of the molecule is COc1cccc(C(=O)NCCOc2ccc(C(C)(C)C)cc2)c1OC(F)F. The first-order chi connectivity index (χ1) is 13.2.